The first-order valence-corrected chi connectivity index (χ1v) is 5.29. The number of methoxy groups -OCH3 is 1. The Kier molecular flexibility index (Phi) is 3.35. The van der Waals surface area contributed by atoms with Gasteiger partial charge in [-0.15, -0.1) is 0 Å². The Morgan fingerprint density at radius 1 is 1.39 bits per heavy atom. The summed E-state index contributed by atoms with van der Waals surface area (Å²) in [7, 11) is 1.24. The Morgan fingerprint density at radius 3 is 2.89 bits per heavy atom. The summed E-state index contributed by atoms with van der Waals surface area (Å²) in [5.41, 5.74) is 0.672. The number of aromatic nitrogens is 1. The van der Waals surface area contributed by atoms with E-state index < -0.39 is 5.97 Å². The van der Waals surface area contributed by atoms with Crippen molar-refractivity contribution < 1.29 is 9.53 Å². The third-order valence-corrected chi connectivity index (χ3v) is 2.52. The van der Waals surface area contributed by atoms with Crippen molar-refractivity contribution in [1.29, 1.82) is 5.26 Å². The van der Waals surface area contributed by atoms with E-state index in [0.717, 1.165) is 16.3 Å². The number of hydrogen-bond acceptors (Lipinski definition) is 4. The Morgan fingerprint density at radius 2 is 2.17 bits per heavy atom. The van der Waals surface area contributed by atoms with Crippen LogP contribution in [0.4, 0.5) is 0 Å². The maximum atomic E-state index is 11.4. The number of carbonyl (C=O) groups excluding carboxylic acids is 1. The van der Waals surface area contributed by atoms with Crippen molar-refractivity contribution in [3.63, 3.8) is 0 Å². The van der Waals surface area contributed by atoms with Crippen molar-refractivity contribution in [1.82, 2.24) is 4.98 Å². The molecule has 88 valence electrons. The summed E-state index contributed by atoms with van der Waals surface area (Å²) in [6.45, 7) is 0. The minimum absolute atomic E-state index is 0.0457. The molecular weight excluding hydrogens is 228 g/mol. The van der Waals surface area contributed by atoms with Gasteiger partial charge in [0.1, 0.15) is 11.6 Å². The molecule has 0 amide bonds. The van der Waals surface area contributed by atoms with Crippen molar-refractivity contribution in [2.24, 2.45) is 0 Å². The van der Waals surface area contributed by atoms with E-state index in [1.165, 1.54) is 13.2 Å². The minimum Gasteiger partial charge on any atom is -0.465 e. The van der Waals surface area contributed by atoms with Crippen LogP contribution in [-0.4, -0.2) is 18.1 Å². The summed E-state index contributed by atoms with van der Waals surface area (Å²) >= 11 is 0. The molecule has 1 aromatic heterocycles. The summed E-state index contributed by atoms with van der Waals surface area (Å²) in [5.74, 6) is -0.648. The summed E-state index contributed by atoms with van der Waals surface area (Å²) in [5, 5.41) is 10.8. The number of pyridine rings is 1. The molecule has 4 heteroatoms. The van der Waals surface area contributed by atoms with Crippen molar-refractivity contribution in [3.8, 4) is 6.07 Å². The average Bonchev–Trinajstić information content (AvgIpc) is 2.44. The summed E-state index contributed by atoms with van der Waals surface area (Å²) in [4.78, 5) is 15.4. The molecular formula is C14H10N2O2. The Bertz CT molecular complexity index is 664. The number of nitrogens with zero attached hydrogens (tertiary/aromatic N) is 2. The lowest BCUT2D eigenvalue weighted by Crippen LogP contribution is -2.02. The highest BCUT2D eigenvalue weighted by molar-refractivity contribution is 6.00. The largest absolute Gasteiger partial charge is 0.465 e. The molecule has 4 nitrogen and oxygen atoms in total. The molecule has 0 atom stereocenters. The number of nitriles is 1. The van der Waals surface area contributed by atoms with E-state index in [-0.39, 0.29) is 5.57 Å². The molecule has 0 radical (unpaired) electrons. The zero-order valence-corrected chi connectivity index (χ0v) is 9.75. The molecule has 1 aromatic carbocycles. The zero-order valence-electron chi connectivity index (χ0n) is 9.75. The van der Waals surface area contributed by atoms with Crippen LogP contribution in [0.3, 0.4) is 0 Å². The summed E-state index contributed by atoms with van der Waals surface area (Å²) in [6, 6.07) is 9.46. The van der Waals surface area contributed by atoms with E-state index in [9.17, 15) is 4.79 Å². The van der Waals surface area contributed by atoms with Crippen LogP contribution in [0.25, 0.3) is 16.8 Å². The zero-order chi connectivity index (χ0) is 13.0. The van der Waals surface area contributed by atoms with Crippen LogP contribution in [0, 0.1) is 11.3 Å². The van der Waals surface area contributed by atoms with Crippen molar-refractivity contribution in [2.75, 3.05) is 7.11 Å². The van der Waals surface area contributed by atoms with Gasteiger partial charge in [0, 0.05) is 23.3 Å². The molecule has 0 aliphatic rings. The predicted molar refractivity (Wildman–Crippen MR) is 67.3 cm³/mol. The highest BCUT2D eigenvalue weighted by atomic mass is 16.5. The van der Waals surface area contributed by atoms with Gasteiger partial charge < -0.3 is 4.74 Å². The quantitative estimate of drug-likeness (QED) is 0.457. The second-order valence-corrected chi connectivity index (χ2v) is 3.61. The van der Waals surface area contributed by atoms with Crippen LogP contribution >= 0.6 is 0 Å². The number of esters is 1. The normalized spacial score (nSPS) is 11.0. The van der Waals surface area contributed by atoms with Gasteiger partial charge in [0.05, 0.1) is 7.11 Å². The second-order valence-electron chi connectivity index (χ2n) is 3.61. The first-order chi connectivity index (χ1) is 8.76. The Hall–Kier alpha value is -2.67. The van der Waals surface area contributed by atoms with Gasteiger partial charge in [-0.2, -0.15) is 5.26 Å². The van der Waals surface area contributed by atoms with Crippen molar-refractivity contribution in [2.45, 2.75) is 0 Å². The van der Waals surface area contributed by atoms with Crippen LogP contribution in [0.15, 0.2) is 42.2 Å². The number of fused-ring (bicyclic) bond motifs is 1. The highest BCUT2D eigenvalue weighted by Crippen LogP contribution is 2.19. The third kappa shape index (κ3) is 2.20. The van der Waals surface area contributed by atoms with Crippen LogP contribution in [-0.2, 0) is 9.53 Å². The number of hydrogen-bond donors (Lipinski definition) is 0. The number of benzene rings is 1. The van der Waals surface area contributed by atoms with Crippen molar-refractivity contribution >= 4 is 22.8 Å². The van der Waals surface area contributed by atoms with Gasteiger partial charge in [-0.3, -0.25) is 4.98 Å². The summed E-state index contributed by atoms with van der Waals surface area (Å²) in [6.07, 6.45) is 4.83. The molecule has 0 unspecified atom stereocenters. The van der Waals surface area contributed by atoms with Crippen LogP contribution in [0.1, 0.15) is 5.56 Å². The van der Waals surface area contributed by atoms with E-state index in [2.05, 4.69) is 9.72 Å². The second kappa shape index (κ2) is 5.11. The SMILES string of the molecule is COC(=O)/C(C#N)=C\c1cncc2ccccc12. The van der Waals surface area contributed by atoms with Crippen LogP contribution < -0.4 is 0 Å². The summed E-state index contributed by atoms with van der Waals surface area (Å²) < 4.78 is 4.54. The Labute approximate surface area is 104 Å². The average molecular weight is 238 g/mol. The lowest BCUT2D eigenvalue weighted by Gasteiger charge is -2.02. The molecule has 18 heavy (non-hydrogen) atoms. The van der Waals surface area contributed by atoms with E-state index in [4.69, 9.17) is 5.26 Å². The fraction of sp³-hybridized carbons (Fsp3) is 0.0714. The molecule has 2 aromatic rings. The molecule has 0 bridgehead atoms. The maximum absolute atomic E-state index is 11.4. The molecule has 1 heterocycles. The third-order valence-electron chi connectivity index (χ3n) is 2.52. The smallest absolute Gasteiger partial charge is 0.348 e. The topological polar surface area (TPSA) is 63.0 Å². The first kappa shape index (κ1) is 11.8. The highest BCUT2D eigenvalue weighted by Gasteiger charge is 2.09. The van der Waals surface area contributed by atoms with E-state index in [1.807, 2.05) is 30.3 Å². The number of carbonyl (C=O) groups is 1. The molecule has 0 N–H and O–H groups in total. The predicted octanol–water partition coefficient (Wildman–Crippen LogP) is 2.31. The number of rotatable bonds is 2. The molecule has 0 spiro atoms. The van der Waals surface area contributed by atoms with Gasteiger partial charge in [0.2, 0.25) is 0 Å². The minimum atomic E-state index is -0.648. The van der Waals surface area contributed by atoms with Gasteiger partial charge in [-0.05, 0) is 11.5 Å². The van der Waals surface area contributed by atoms with Gasteiger partial charge in [-0.1, -0.05) is 24.3 Å². The van der Waals surface area contributed by atoms with Gasteiger partial charge in [-0.25, -0.2) is 4.79 Å². The van der Waals surface area contributed by atoms with Gasteiger partial charge in [0.15, 0.2) is 0 Å². The Balaban J connectivity index is 2.59. The van der Waals surface area contributed by atoms with Crippen molar-refractivity contribution in [3.05, 3.63) is 47.8 Å². The van der Waals surface area contributed by atoms with Gasteiger partial charge in [0.25, 0.3) is 0 Å². The van der Waals surface area contributed by atoms with E-state index in [1.54, 1.807) is 12.4 Å². The van der Waals surface area contributed by atoms with Gasteiger partial charge >= 0.3 is 5.97 Å². The standard InChI is InChI=1S/C14H10N2O2/c1-18-14(17)11(7-15)6-12-9-16-8-10-4-2-3-5-13(10)12/h2-6,8-9H,1H3/b11-6-. The molecule has 0 aliphatic carbocycles. The molecule has 0 saturated carbocycles. The molecule has 0 saturated heterocycles. The van der Waals surface area contributed by atoms with Crippen LogP contribution in [0.2, 0.25) is 0 Å². The fourth-order valence-corrected chi connectivity index (χ4v) is 1.66. The van der Waals surface area contributed by atoms with E-state index >= 15 is 0 Å². The first-order valence-electron chi connectivity index (χ1n) is 5.29. The van der Waals surface area contributed by atoms with Crippen LogP contribution in [0.5, 0.6) is 0 Å². The molecule has 0 aliphatic heterocycles. The molecule has 2 rings (SSSR count). The monoisotopic (exact) mass is 238 g/mol. The van der Waals surface area contributed by atoms with E-state index in [0.29, 0.717) is 0 Å². The molecule has 0 fully saturated rings. The lowest BCUT2D eigenvalue weighted by molar-refractivity contribution is -0.135. The lowest BCUT2D eigenvalue weighted by atomic mass is 10.1. The maximum Gasteiger partial charge on any atom is 0.348 e. The fourth-order valence-electron chi connectivity index (χ4n) is 1.66. The number of ether oxygens (including phenoxy) is 1.